The molecule has 0 heterocycles. The summed E-state index contributed by atoms with van der Waals surface area (Å²) >= 11 is 0. The second-order valence-corrected chi connectivity index (χ2v) is 3.99. The molecule has 0 aliphatic rings. The summed E-state index contributed by atoms with van der Waals surface area (Å²) in [6, 6.07) is 4.24. The molecule has 0 fully saturated rings. The molecule has 0 atom stereocenters. The maximum absolute atomic E-state index is 13.4. The van der Waals surface area contributed by atoms with E-state index in [1.165, 1.54) is 25.3 Å². The lowest BCUT2D eigenvalue weighted by Crippen LogP contribution is -2.12. The van der Waals surface area contributed by atoms with Crippen LogP contribution in [0, 0.1) is 5.82 Å². The van der Waals surface area contributed by atoms with E-state index in [1.54, 1.807) is 0 Å². The predicted molar refractivity (Wildman–Crippen MR) is 69.1 cm³/mol. The number of methoxy groups -OCH3 is 1. The van der Waals surface area contributed by atoms with Gasteiger partial charge in [0.25, 0.3) is 0 Å². The van der Waals surface area contributed by atoms with Gasteiger partial charge in [-0.25, -0.2) is 4.39 Å². The van der Waals surface area contributed by atoms with Crippen molar-refractivity contribution in [3.8, 4) is 5.75 Å². The number of nitrogens with two attached hydrogens (primary N) is 1. The van der Waals surface area contributed by atoms with Crippen LogP contribution in [0.25, 0.3) is 0 Å². The van der Waals surface area contributed by atoms with E-state index >= 15 is 0 Å². The first-order valence-electron chi connectivity index (χ1n) is 6.01. The van der Waals surface area contributed by atoms with Crippen molar-refractivity contribution >= 4 is 11.6 Å². The number of benzene rings is 1. The fourth-order valence-electron chi connectivity index (χ4n) is 1.55. The number of amides is 1. The van der Waals surface area contributed by atoms with Crippen molar-refractivity contribution in [1.82, 2.24) is 0 Å². The third-order valence-corrected chi connectivity index (χ3v) is 2.56. The number of rotatable bonds is 7. The highest BCUT2D eigenvalue weighted by molar-refractivity contribution is 5.91. The number of carbonyl (C=O) groups is 1. The van der Waals surface area contributed by atoms with E-state index in [1.807, 2.05) is 0 Å². The molecule has 0 aromatic heterocycles. The minimum Gasteiger partial charge on any atom is -0.497 e. The molecule has 1 aromatic rings. The number of hydrogen-bond donors (Lipinski definition) is 2. The molecule has 1 aromatic carbocycles. The van der Waals surface area contributed by atoms with Gasteiger partial charge in [-0.1, -0.05) is 6.42 Å². The Morgan fingerprint density at radius 2 is 2.17 bits per heavy atom. The van der Waals surface area contributed by atoms with E-state index in [2.05, 4.69) is 5.32 Å². The highest BCUT2D eigenvalue weighted by Crippen LogP contribution is 2.21. The summed E-state index contributed by atoms with van der Waals surface area (Å²) in [5.74, 6) is -0.153. The first kappa shape index (κ1) is 14.4. The lowest BCUT2D eigenvalue weighted by molar-refractivity contribution is -0.116. The zero-order valence-corrected chi connectivity index (χ0v) is 10.5. The van der Waals surface area contributed by atoms with Crippen LogP contribution in [0.5, 0.6) is 5.75 Å². The molecule has 0 unspecified atom stereocenters. The number of anilines is 1. The molecule has 0 saturated heterocycles. The second kappa shape index (κ2) is 7.66. The molecule has 0 radical (unpaired) electrons. The standard InChI is InChI=1S/C13H19FN2O2/c1-18-10-6-7-11(14)12(9-10)16-13(17)5-3-2-4-8-15/h6-7,9H,2-5,8,15H2,1H3,(H,16,17). The number of unbranched alkanes of at least 4 members (excludes halogenated alkanes) is 2. The highest BCUT2D eigenvalue weighted by atomic mass is 19.1. The maximum Gasteiger partial charge on any atom is 0.224 e. The molecule has 100 valence electrons. The zero-order valence-electron chi connectivity index (χ0n) is 10.5. The van der Waals surface area contributed by atoms with Crippen molar-refractivity contribution in [3.63, 3.8) is 0 Å². The molecule has 0 spiro atoms. The Kier molecular flexibility index (Phi) is 6.14. The van der Waals surface area contributed by atoms with Crippen LogP contribution in [0.1, 0.15) is 25.7 Å². The topological polar surface area (TPSA) is 64.3 Å². The van der Waals surface area contributed by atoms with Crippen LogP contribution < -0.4 is 15.8 Å². The SMILES string of the molecule is COc1ccc(F)c(NC(=O)CCCCCN)c1. The van der Waals surface area contributed by atoms with Crippen LogP contribution in [-0.4, -0.2) is 19.6 Å². The molecular formula is C13H19FN2O2. The van der Waals surface area contributed by atoms with E-state index in [0.717, 1.165) is 19.3 Å². The summed E-state index contributed by atoms with van der Waals surface area (Å²) < 4.78 is 18.4. The molecule has 0 bridgehead atoms. The van der Waals surface area contributed by atoms with Gasteiger partial charge in [-0.05, 0) is 31.5 Å². The van der Waals surface area contributed by atoms with E-state index in [-0.39, 0.29) is 11.6 Å². The van der Waals surface area contributed by atoms with Gasteiger partial charge in [0, 0.05) is 12.5 Å². The quantitative estimate of drug-likeness (QED) is 0.734. The Labute approximate surface area is 106 Å². The van der Waals surface area contributed by atoms with Gasteiger partial charge in [0.2, 0.25) is 5.91 Å². The summed E-state index contributed by atoms with van der Waals surface area (Å²) in [6.45, 7) is 0.631. The molecule has 0 aliphatic heterocycles. The second-order valence-electron chi connectivity index (χ2n) is 3.99. The van der Waals surface area contributed by atoms with Crippen molar-refractivity contribution < 1.29 is 13.9 Å². The van der Waals surface area contributed by atoms with Crippen LogP contribution in [-0.2, 0) is 4.79 Å². The summed E-state index contributed by atoms with van der Waals surface area (Å²) in [6.07, 6.45) is 2.94. The smallest absolute Gasteiger partial charge is 0.224 e. The van der Waals surface area contributed by atoms with Gasteiger partial charge in [0.1, 0.15) is 11.6 Å². The lowest BCUT2D eigenvalue weighted by Gasteiger charge is -2.08. The minimum atomic E-state index is -0.467. The number of nitrogens with one attached hydrogen (secondary N) is 1. The van der Waals surface area contributed by atoms with Crippen LogP contribution in [0.2, 0.25) is 0 Å². The number of ether oxygens (including phenoxy) is 1. The summed E-state index contributed by atoms with van der Waals surface area (Å²) in [5.41, 5.74) is 5.51. The third-order valence-electron chi connectivity index (χ3n) is 2.56. The van der Waals surface area contributed by atoms with Crippen LogP contribution in [0.4, 0.5) is 10.1 Å². The van der Waals surface area contributed by atoms with Crippen molar-refractivity contribution in [2.75, 3.05) is 19.0 Å². The Morgan fingerprint density at radius 3 is 2.83 bits per heavy atom. The molecular weight excluding hydrogens is 235 g/mol. The molecule has 0 saturated carbocycles. The van der Waals surface area contributed by atoms with Crippen LogP contribution in [0.3, 0.4) is 0 Å². The molecule has 1 rings (SSSR count). The molecule has 1 amide bonds. The van der Waals surface area contributed by atoms with Crippen molar-refractivity contribution in [2.45, 2.75) is 25.7 Å². The van der Waals surface area contributed by atoms with Crippen molar-refractivity contribution in [2.24, 2.45) is 5.73 Å². The molecule has 4 nitrogen and oxygen atoms in total. The minimum absolute atomic E-state index is 0.151. The molecule has 5 heteroatoms. The van der Waals surface area contributed by atoms with Crippen molar-refractivity contribution in [1.29, 1.82) is 0 Å². The first-order valence-corrected chi connectivity index (χ1v) is 6.01. The van der Waals surface area contributed by atoms with Gasteiger partial charge < -0.3 is 15.8 Å². The van der Waals surface area contributed by atoms with E-state index in [4.69, 9.17) is 10.5 Å². The number of hydrogen-bond acceptors (Lipinski definition) is 3. The largest absolute Gasteiger partial charge is 0.497 e. The predicted octanol–water partition coefficient (Wildman–Crippen LogP) is 2.29. The average molecular weight is 254 g/mol. The Balaban J connectivity index is 2.48. The van der Waals surface area contributed by atoms with E-state index in [9.17, 15) is 9.18 Å². The van der Waals surface area contributed by atoms with Crippen molar-refractivity contribution in [3.05, 3.63) is 24.0 Å². The van der Waals surface area contributed by atoms with Gasteiger partial charge >= 0.3 is 0 Å². The normalized spacial score (nSPS) is 10.2. The monoisotopic (exact) mass is 254 g/mol. The van der Waals surface area contributed by atoms with E-state index in [0.29, 0.717) is 18.7 Å². The van der Waals surface area contributed by atoms with Gasteiger partial charge in [0.05, 0.1) is 12.8 Å². The van der Waals surface area contributed by atoms with Gasteiger partial charge in [-0.2, -0.15) is 0 Å². The Bertz CT molecular complexity index is 397. The summed E-state index contributed by atoms with van der Waals surface area (Å²) in [7, 11) is 1.49. The van der Waals surface area contributed by atoms with Crippen LogP contribution >= 0.6 is 0 Å². The van der Waals surface area contributed by atoms with E-state index < -0.39 is 5.82 Å². The highest BCUT2D eigenvalue weighted by Gasteiger charge is 2.08. The zero-order chi connectivity index (χ0) is 13.4. The molecule has 3 N–H and O–H groups in total. The van der Waals surface area contributed by atoms with Gasteiger partial charge in [-0.3, -0.25) is 4.79 Å². The molecule has 0 aliphatic carbocycles. The lowest BCUT2D eigenvalue weighted by atomic mass is 10.2. The number of carbonyl (C=O) groups excluding carboxylic acids is 1. The summed E-state index contributed by atoms with van der Waals surface area (Å²) in [4.78, 5) is 11.6. The fourth-order valence-corrected chi connectivity index (χ4v) is 1.55. The summed E-state index contributed by atoms with van der Waals surface area (Å²) in [5, 5.41) is 2.54. The third kappa shape index (κ3) is 4.71. The van der Waals surface area contributed by atoms with Gasteiger partial charge in [0.15, 0.2) is 0 Å². The average Bonchev–Trinajstić information content (AvgIpc) is 2.37. The van der Waals surface area contributed by atoms with Gasteiger partial charge in [-0.15, -0.1) is 0 Å². The first-order chi connectivity index (χ1) is 8.67. The van der Waals surface area contributed by atoms with Crippen LogP contribution in [0.15, 0.2) is 18.2 Å². The Morgan fingerprint density at radius 1 is 1.39 bits per heavy atom. The Hall–Kier alpha value is -1.62. The number of halogens is 1. The maximum atomic E-state index is 13.4. The fraction of sp³-hybridized carbons (Fsp3) is 0.462. The molecule has 18 heavy (non-hydrogen) atoms.